The summed E-state index contributed by atoms with van der Waals surface area (Å²) < 4.78 is 28.9. The molecule has 0 unspecified atom stereocenters. The van der Waals surface area contributed by atoms with Crippen molar-refractivity contribution in [2.24, 2.45) is 0 Å². The number of amides is 1. The van der Waals surface area contributed by atoms with Gasteiger partial charge in [0.2, 0.25) is 0 Å². The summed E-state index contributed by atoms with van der Waals surface area (Å²) in [5.41, 5.74) is 1.82. The molecule has 0 radical (unpaired) electrons. The first-order valence-electron chi connectivity index (χ1n) is 7.83. The smallest absolute Gasteiger partial charge is 0.255 e. The summed E-state index contributed by atoms with van der Waals surface area (Å²) in [5.74, 6) is -0.154. The molecule has 0 spiro atoms. The molecule has 0 saturated carbocycles. The van der Waals surface area contributed by atoms with Gasteiger partial charge in [0.15, 0.2) is 9.84 Å². The molecule has 0 aliphatic heterocycles. The summed E-state index contributed by atoms with van der Waals surface area (Å²) in [6.45, 7) is 6.19. The van der Waals surface area contributed by atoms with Crippen LogP contribution in [0, 0.1) is 0 Å². The van der Waals surface area contributed by atoms with Crippen LogP contribution in [-0.2, 0) is 15.3 Å². The molecule has 6 heteroatoms. The second-order valence-electron chi connectivity index (χ2n) is 6.89. The fourth-order valence-corrected chi connectivity index (χ4v) is 3.41. The summed E-state index contributed by atoms with van der Waals surface area (Å²) in [6, 6.07) is 11.9. The maximum absolute atomic E-state index is 12.6. The van der Waals surface area contributed by atoms with Crippen LogP contribution in [0.1, 0.15) is 36.7 Å². The number of sulfone groups is 1. The number of nitrogens with one attached hydrogen (secondary N) is 1. The Morgan fingerprint density at radius 2 is 1.72 bits per heavy atom. The maximum atomic E-state index is 12.6. The Balaban J connectivity index is 2.41. The number of ether oxygens (including phenoxy) is 1. The van der Waals surface area contributed by atoms with Crippen molar-refractivity contribution in [2.75, 3.05) is 18.7 Å². The van der Waals surface area contributed by atoms with Crippen molar-refractivity contribution in [3.63, 3.8) is 0 Å². The Hall–Kier alpha value is -2.34. The predicted molar refractivity (Wildman–Crippen MR) is 99.2 cm³/mol. The van der Waals surface area contributed by atoms with Crippen molar-refractivity contribution in [2.45, 2.75) is 31.1 Å². The van der Waals surface area contributed by atoms with Gasteiger partial charge >= 0.3 is 0 Å². The van der Waals surface area contributed by atoms with Crippen molar-refractivity contribution < 1.29 is 17.9 Å². The fourth-order valence-electron chi connectivity index (χ4n) is 2.55. The van der Waals surface area contributed by atoms with Crippen molar-refractivity contribution in [3.8, 4) is 5.75 Å². The van der Waals surface area contributed by atoms with Gasteiger partial charge in [-0.05, 0) is 35.2 Å². The number of methoxy groups -OCH3 is 1. The lowest BCUT2D eigenvalue weighted by molar-refractivity contribution is 0.102. The molecule has 1 amide bonds. The van der Waals surface area contributed by atoms with Crippen LogP contribution in [0.5, 0.6) is 5.75 Å². The van der Waals surface area contributed by atoms with Crippen LogP contribution in [0.2, 0.25) is 0 Å². The third-order valence-electron chi connectivity index (χ3n) is 3.81. The van der Waals surface area contributed by atoms with Crippen LogP contribution in [-0.4, -0.2) is 27.7 Å². The summed E-state index contributed by atoms with van der Waals surface area (Å²) >= 11 is 0. The minimum Gasteiger partial charge on any atom is -0.495 e. The lowest BCUT2D eigenvalue weighted by Gasteiger charge is -2.23. The Bertz CT molecular complexity index is 896. The van der Waals surface area contributed by atoms with Gasteiger partial charge in [-0.3, -0.25) is 4.79 Å². The molecule has 2 aromatic rings. The highest BCUT2D eigenvalue weighted by Gasteiger charge is 2.21. The molecule has 0 aliphatic carbocycles. The zero-order chi connectivity index (χ0) is 18.8. The molecule has 0 aromatic heterocycles. The molecule has 1 N–H and O–H groups in total. The SMILES string of the molecule is COc1ccc(C(=O)Nc2ccccc2C(C)(C)C)cc1S(C)(=O)=O. The van der Waals surface area contributed by atoms with Gasteiger partial charge in [0.05, 0.1) is 7.11 Å². The second kappa shape index (κ2) is 6.88. The molecule has 0 atom stereocenters. The number of rotatable bonds is 4. The predicted octanol–water partition coefficient (Wildman–Crippen LogP) is 3.65. The quantitative estimate of drug-likeness (QED) is 0.902. The molecular weight excluding hydrogens is 338 g/mol. The summed E-state index contributed by atoms with van der Waals surface area (Å²) in [4.78, 5) is 12.6. The topological polar surface area (TPSA) is 72.5 Å². The lowest BCUT2D eigenvalue weighted by Crippen LogP contribution is -2.19. The number of hydrogen-bond acceptors (Lipinski definition) is 4. The van der Waals surface area contributed by atoms with Gasteiger partial charge in [0.1, 0.15) is 10.6 Å². The van der Waals surface area contributed by atoms with Gasteiger partial charge in [0, 0.05) is 17.5 Å². The lowest BCUT2D eigenvalue weighted by atomic mass is 9.86. The molecule has 25 heavy (non-hydrogen) atoms. The van der Waals surface area contributed by atoms with E-state index in [1.54, 1.807) is 6.07 Å². The van der Waals surface area contributed by atoms with Gasteiger partial charge in [-0.25, -0.2) is 8.42 Å². The Morgan fingerprint density at radius 1 is 1.08 bits per heavy atom. The average Bonchev–Trinajstić information content (AvgIpc) is 2.52. The number of para-hydroxylation sites is 1. The number of carbonyl (C=O) groups excluding carboxylic acids is 1. The summed E-state index contributed by atoms with van der Waals surface area (Å²) in [7, 11) is -2.12. The van der Waals surface area contributed by atoms with E-state index in [0.29, 0.717) is 5.69 Å². The first-order chi connectivity index (χ1) is 11.5. The van der Waals surface area contributed by atoms with Gasteiger partial charge in [-0.15, -0.1) is 0 Å². The molecule has 134 valence electrons. The van der Waals surface area contributed by atoms with Crippen LogP contribution >= 0.6 is 0 Å². The van der Waals surface area contributed by atoms with E-state index in [9.17, 15) is 13.2 Å². The van der Waals surface area contributed by atoms with E-state index in [1.807, 2.05) is 24.3 Å². The van der Waals surface area contributed by atoms with Crippen molar-refractivity contribution >= 4 is 21.4 Å². The number of anilines is 1. The van der Waals surface area contributed by atoms with Gasteiger partial charge in [0.25, 0.3) is 5.91 Å². The molecule has 0 bridgehead atoms. The van der Waals surface area contributed by atoms with Crippen LogP contribution < -0.4 is 10.1 Å². The van der Waals surface area contributed by atoms with E-state index in [1.165, 1.54) is 19.2 Å². The van der Waals surface area contributed by atoms with Gasteiger partial charge in [-0.2, -0.15) is 0 Å². The van der Waals surface area contributed by atoms with E-state index in [2.05, 4.69) is 26.1 Å². The Morgan fingerprint density at radius 3 is 2.28 bits per heavy atom. The minimum atomic E-state index is -3.51. The largest absolute Gasteiger partial charge is 0.495 e. The molecule has 5 nitrogen and oxygen atoms in total. The average molecular weight is 361 g/mol. The molecule has 0 saturated heterocycles. The van der Waals surface area contributed by atoms with E-state index >= 15 is 0 Å². The third kappa shape index (κ3) is 4.39. The molecular formula is C19H23NO4S. The highest BCUT2D eigenvalue weighted by Crippen LogP contribution is 2.30. The monoisotopic (exact) mass is 361 g/mol. The van der Waals surface area contributed by atoms with Gasteiger partial charge in [-0.1, -0.05) is 39.0 Å². The van der Waals surface area contributed by atoms with E-state index in [4.69, 9.17) is 4.74 Å². The van der Waals surface area contributed by atoms with E-state index in [0.717, 1.165) is 11.8 Å². The van der Waals surface area contributed by atoms with Crippen LogP contribution in [0.4, 0.5) is 5.69 Å². The highest BCUT2D eigenvalue weighted by molar-refractivity contribution is 7.90. The fraction of sp³-hybridized carbons (Fsp3) is 0.316. The van der Waals surface area contributed by atoms with Crippen LogP contribution in [0.3, 0.4) is 0 Å². The Labute approximate surface area is 148 Å². The van der Waals surface area contributed by atoms with E-state index < -0.39 is 9.84 Å². The van der Waals surface area contributed by atoms with Crippen molar-refractivity contribution in [3.05, 3.63) is 53.6 Å². The van der Waals surface area contributed by atoms with Crippen molar-refractivity contribution in [1.82, 2.24) is 0 Å². The Kier molecular flexibility index (Phi) is 5.23. The first-order valence-corrected chi connectivity index (χ1v) is 9.72. The van der Waals surface area contributed by atoms with Gasteiger partial charge < -0.3 is 10.1 Å². The maximum Gasteiger partial charge on any atom is 0.255 e. The van der Waals surface area contributed by atoms with E-state index in [-0.39, 0.29) is 27.5 Å². The first kappa shape index (κ1) is 19.0. The molecule has 2 aromatic carbocycles. The zero-order valence-corrected chi connectivity index (χ0v) is 15.9. The number of hydrogen-bond donors (Lipinski definition) is 1. The molecule has 2 rings (SSSR count). The molecule has 0 fully saturated rings. The third-order valence-corrected chi connectivity index (χ3v) is 4.93. The van der Waals surface area contributed by atoms with Crippen LogP contribution in [0.15, 0.2) is 47.4 Å². The summed E-state index contributed by atoms with van der Waals surface area (Å²) in [5, 5.41) is 2.87. The minimum absolute atomic E-state index is 0.00763. The van der Waals surface area contributed by atoms with Crippen molar-refractivity contribution in [1.29, 1.82) is 0 Å². The molecule has 0 heterocycles. The normalized spacial score (nSPS) is 11.9. The summed E-state index contributed by atoms with van der Waals surface area (Å²) in [6.07, 6.45) is 1.08. The standard InChI is InChI=1S/C19H23NO4S/c1-19(2,3)14-8-6-7-9-15(14)20-18(21)13-10-11-16(24-4)17(12-13)25(5,22)23/h6-12H,1-5H3,(H,20,21). The number of benzene rings is 2. The zero-order valence-electron chi connectivity index (χ0n) is 15.1. The molecule has 0 aliphatic rings. The van der Waals surface area contributed by atoms with Crippen LogP contribution in [0.25, 0.3) is 0 Å². The highest BCUT2D eigenvalue weighted by atomic mass is 32.2. The number of carbonyl (C=O) groups is 1. The second-order valence-corrected chi connectivity index (χ2v) is 8.87.